The number of carbonyl (C=O) groups is 2. The standard InChI is InChI=1S/C23H30N2O4/c1-28-19-5-3-15(10-20(19)29-2)4-6-21(26)24-25-22(27)14-23-11-16-7-17(12-23)9-18(8-16)13-23/h3-6,10,16-18H,7-9,11-14H2,1-2H3,(H,24,26)(H,25,27)/b6-4+. The second kappa shape index (κ2) is 8.09. The van der Waals surface area contributed by atoms with Crippen LogP contribution in [0.5, 0.6) is 11.5 Å². The first kappa shape index (κ1) is 19.8. The van der Waals surface area contributed by atoms with Crippen LogP contribution in [-0.4, -0.2) is 26.0 Å². The van der Waals surface area contributed by atoms with E-state index in [1.54, 1.807) is 32.4 Å². The van der Waals surface area contributed by atoms with Gasteiger partial charge in [0.1, 0.15) is 0 Å². The number of rotatable bonds is 6. The zero-order chi connectivity index (χ0) is 20.4. The van der Waals surface area contributed by atoms with Crippen molar-refractivity contribution < 1.29 is 19.1 Å². The van der Waals surface area contributed by atoms with Gasteiger partial charge in [0.05, 0.1) is 14.2 Å². The van der Waals surface area contributed by atoms with Crippen LogP contribution in [0.3, 0.4) is 0 Å². The lowest BCUT2D eigenvalue weighted by Gasteiger charge is -2.56. The molecule has 0 atom stereocenters. The number of carbonyl (C=O) groups excluding carboxylic acids is 2. The number of hydrogen-bond donors (Lipinski definition) is 2. The van der Waals surface area contributed by atoms with Crippen molar-refractivity contribution in [2.45, 2.75) is 44.9 Å². The zero-order valence-electron chi connectivity index (χ0n) is 17.2. The molecule has 2 N–H and O–H groups in total. The average Bonchev–Trinajstić information content (AvgIpc) is 2.69. The summed E-state index contributed by atoms with van der Waals surface area (Å²) in [7, 11) is 3.14. The molecule has 0 spiro atoms. The molecule has 156 valence electrons. The fraction of sp³-hybridized carbons (Fsp3) is 0.565. The molecule has 1 aromatic carbocycles. The number of benzene rings is 1. The van der Waals surface area contributed by atoms with Gasteiger partial charge in [0.15, 0.2) is 11.5 Å². The van der Waals surface area contributed by atoms with Crippen molar-refractivity contribution in [1.29, 1.82) is 0 Å². The smallest absolute Gasteiger partial charge is 0.262 e. The number of amides is 2. The van der Waals surface area contributed by atoms with Gasteiger partial charge in [0.2, 0.25) is 5.91 Å². The van der Waals surface area contributed by atoms with E-state index in [2.05, 4.69) is 10.9 Å². The molecule has 4 bridgehead atoms. The van der Waals surface area contributed by atoms with E-state index in [9.17, 15) is 9.59 Å². The molecule has 4 aliphatic rings. The summed E-state index contributed by atoms with van der Waals surface area (Å²) < 4.78 is 10.5. The van der Waals surface area contributed by atoms with Crippen LogP contribution in [0, 0.1) is 23.2 Å². The Balaban J connectivity index is 1.27. The minimum absolute atomic E-state index is 0.0835. The van der Waals surface area contributed by atoms with Crippen molar-refractivity contribution in [1.82, 2.24) is 10.9 Å². The van der Waals surface area contributed by atoms with E-state index < -0.39 is 0 Å². The highest BCUT2D eigenvalue weighted by Crippen LogP contribution is 2.61. The fourth-order valence-corrected chi connectivity index (χ4v) is 6.19. The Hall–Kier alpha value is -2.50. The zero-order valence-corrected chi connectivity index (χ0v) is 17.2. The molecule has 4 aliphatic carbocycles. The van der Waals surface area contributed by atoms with Gasteiger partial charge >= 0.3 is 0 Å². The summed E-state index contributed by atoms with van der Waals surface area (Å²) in [5.41, 5.74) is 6.07. The SMILES string of the molecule is COc1ccc(/C=C/C(=O)NNC(=O)CC23CC4CC(CC(C4)C2)C3)cc1OC. The lowest BCUT2D eigenvalue weighted by atomic mass is 9.49. The van der Waals surface area contributed by atoms with Crippen LogP contribution in [0.15, 0.2) is 24.3 Å². The highest BCUT2D eigenvalue weighted by molar-refractivity contribution is 5.93. The highest BCUT2D eigenvalue weighted by Gasteiger charge is 2.51. The number of nitrogens with one attached hydrogen (secondary N) is 2. The largest absolute Gasteiger partial charge is 0.493 e. The molecule has 0 radical (unpaired) electrons. The molecule has 29 heavy (non-hydrogen) atoms. The molecule has 5 rings (SSSR count). The minimum Gasteiger partial charge on any atom is -0.493 e. The summed E-state index contributed by atoms with van der Waals surface area (Å²) in [5, 5.41) is 0. The summed E-state index contributed by atoms with van der Waals surface area (Å²) in [5.74, 6) is 3.22. The molecular weight excluding hydrogens is 368 g/mol. The first-order valence-electron chi connectivity index (χ1n) is 10.5. The molecule has 0 saturated heterocycles. The van der Waals surface area contributed by atoms with Crippen molar-refractivity contribution in [3.05, 3.63) is 29.8 Å². The summed E-state index contributed by atoms with van der Waals surface area (Å²) in [6.07, 6.45) is 11.2. The fourth-order valence-electron chi connectivity index (χ4n) is 6.19. The van der Waals surface area contributed by atoms with Gasteiger partial charge in [0, 0.05) is 12.5 Å². The van der Waals surface area contributed by atoms with Gasteiger partial charge in [-0.25, -0.2) is 0 Å². The van der Waals surface area contributed by atoms with Gasteiger partial charge in [-0.1, -0.05) is 6.07 Å². The molecule has 6 heteroatoms. The van der Waals surface area contributed by atoms with Gasteiger partial charge in [-0.2, -0.15) is 0 Å². The van der Waals surface area contributed by atoms with Crippen molar-refractivity contribution in [3.63, 3.8) is 0 Å². The number of methoxy groups -OCH3 is 2. The van der Waals surface area contributed by atoms with Crippen LogP contribution in [0.25, 0.3) is 6.08 Å². The lowest BCUT2D eigenvalue weighted by molar-refractivity contribution is -0.133. The summed E-state index contributed by atoms with van der Waals surface area (Å²) in [6, 6.07) is 5.40. The van der Waals surface area contributed by atoms with E-state index in [1.807, 2.05) is 6.07 Å². The quantitative estimate of drug-likeness (QED) is 0.568. The Morgan fingerprint density at radius 2 is 1.62 bits per heavy atom. The van der Waals surface area contributed by atoms with E-state index in [-0.39, 0.29) is 17.2 Å². The Bertz CT molecular complexity index is 782. The van der Waals surface area contributed by atoms with Crippen LogP contribution >= 0.6 is 0 Å². The monoisotopic (exact) mass is 398 g/mol. The molecule has 4 saturated carbocycles. The van der Waals surface area contributed by atoms with Crippen molar-refractivity contribution >= 4 is 17.9 Å². The van der Waals surface area contributed by atoms with E-state index in [4.69, 9.17) is 9.47 Å². The van der Waals surface area contributed by atoms with Crippen molar-refractivity contribution in [3.8, 4) is 11.5 Å². The molecule has 0 unspecified atom stereocenters. The molecular formula is C23H30N2O4. The number of ether oxygens (including phenoxy) is 2. The minimum atomic E-state index is -0.362. The normalized spacial score (nSPS) is 29.7. The predicted octanol–water partition coefficient (Wildman–Crippen LogP) is 3.47. The second-order valence-corrected chi connectivity index (χ2v) is 9.08. The van der Waals surface area contributed by atoms with Gasteiger partial charge < -0.3 is 9.47 Å². The Kier molecular flexibility index (Phi) is 5.52. The van der Waals surface area contributed by atoms with Crippen LogP contribution in [0.2, 0.25) is 0 Å². The molecule has 0 aromatic heterocycles. The first-order chi connectivity index (χ1) is 14.0. The van der Waals surface area contributed by atoms with Gasteiger partial charge in [0.25, 0.3) is 5.91 Å². The predicted molar refractivity (Wildman–Crippen MR) is 110 cm³/mol. The van der Waals surface area contributed by atoms with Crippen LogP contribution in [-0.2, 0) is 9.59 Å². The summed E-state index contributed by atoms with van der Waals surface area (Å²) >= 11 is 0. The number of hydrogen-bond acceptors (Lipinski definition) is 4. The molecule has 4 fully saturated rings. The summed E-state index contributed by atoms with van der Waals surface area (Å²) in [4.78, 5) is 24.6. The maximum atomic E-state index is 12.5. The molecule has 2 amide bonds. The van der Waals surface area contributed by atoms with Crippen molar-refractivity contribution in [2.24, 2.45) is 23.2 Å². The van der Waals surface area contributed by atoms with Gasteiger partial charge in [-0.05, 0) is 85.5 Å². The van der Waals surface area contributed by atoms with Crippen LogP contribution in [0.4, 0.5) is 0 Å². The molecule has 6 nitrogen and oxygen atoms in total. The first-order valence-corrected chi connectivity index (χ1v) is 10.5. The van der Waals surface area contributed by atoms with Crippen LogP contribution < -0.4 is 20.3 Å². The van der Waals surface area contributed by atoms with E-state index in [0.717, 1.165) is 23.3 Å². The highest BCUT2D eigenvalue weighted by atomic mass is 16.5. The summed E-state index contributed by atoms with van der Waals surface area (Å²) in [6.45, 7) is 0. The molecule has 0 heterocycles. The maximum absolute atomic E-state index is 12.5. The number of hydrazine groups is 1. The Morgan fingerprint density at radius 1 is 1.00 bits per heavy atom. The Morgan fingerprint density at radius 3 is 2.21 bits per heavy atom. The third-order valence-corrected chi connectivity index (χ3v) is 6.86. The molecule has 0 aliphatic heterocycles. The van der Waals surface area contributed by atoms with E-state index in [1.165, 1.54) is 44.6 Å². The van der Waals surface area contributed by atoms with Crippen molar-refractivity contribution in [2.75, 3.05) is 14.2 Å². The maximum Gasteiger partial charge on any atom is 0.262 e. The topological polar surface area (TPSA) is 76.7 Å². The average molecular weight is 399 g/mol. The Labute approximate surface area is 172 Å². The van der Waals surface area contributed by atoms with Gasteiger partial charge in [-0.15, -0.1) is 0 Å². The van der Waals surface area contributed by atoms with Gasteiger partial charge in [-0.3, -0.25) is 20.4 Å². The van der Waals surface area contributed by atoms with E-state index in [0.29, 0.717) is 17.9 Å². The van der Waals surface area contributed by atoms with E-state index >= 15 is 0 Å². The second-order valence-electron chi connectivity index (χ2n) is 9.08. The lowest BCUT2D eigenvalue weighted by Crippen LogP contribution is -2.49. The molecule has 1 aromatic rings. The third-order valence-electron chi connectivity index (χ3n) is 6.86. The third kappa shape index (κ3) is 4.41. The van der Waals surface area contributed by atoms with Crippen LogP contribution in [0.1, 0.15) is 50.5 Å².